The number of nitrogens with one attached hydrogen (secondary N) is 1. The maximum Gasteiger partial charge on any atom is 0.340 e. The van der Waals surface area contributed by atoms with Crippen molar-refractivity contribution in [2.45, 2.75) is 40.5 Å². The van der Waals surface area contributed by atoms with Crippen molar-refractivity contribution >= 4 is 27.8 Å². The number of aryl methyl sites for hydroxylation is 1. The first-order valence-electron chi connectivity index (χ1n) is 11.6. The topological polar surface area (TPSA) is 89.5 Å². The fourth-order valence-corrected chi connectivity index (χ4v) is 4.14. The van der Waals surface area contributed by atoms with Crippen molar-refractivity contribution in [2.24, 2.45) is 0 Å². The number of aromatic nitrogens is 2. The summed E-state index contributed by atoms with van der Waals surface area (Å²) in [7, 11) is 0. The van der Waals surface area contributed by atoms with E-state index in [4.69, 9.17) is 0 Å². The Bertz CT molecular complexity index is 1240. The number of carbonyl (C=O) groups is 1. The van der Waals surface area contributed by atoms with Crippen LogP contribution in [0.3, 0.4) is 0 Å². The highest BCUT2D eigenvalue weighted by Crippen LogP contribution is 2.33. The highest BCUT2D eigenvalue weighted by Gasteiger charge is 2.21. The van der Waals surface area contributed by atoms with Crippen LogP contribution in [0.2, 0.25) is 0 Å². The van der Waals surface area contributed by atoms with Crippen LogP contribution in [0.15, 0.2) is 48.7 Å². The second-order valence-corrected chi connectivity index (χ2v) is 7.91. The normalized spacial score (nSPS) is 11.1. The summed E-state index contributed by atoms with van der Waals surface area (Å²) >= 11 is 0. The Morgan fingerprint density at radius 1 is 0.939 bits per heavy atom. The smallest absolute Gasteiger partial charge is 0.340 e. The molecule has 6 heteroatoms. The molecule has 0 saturated carbocycles. The van der Waals surface area contributed by atoms with Crippen LogP contribution in [0.1, 0.15) is 54.9 Å². The molecule has 174 valence electrons. The van der Waals surface area contributed by atoms with Crippen LogP contribution >= 0.6 is 0 Å². The molecular formula is C27H33N3O3. The van der Waals surface area contributed by atoms with Gasteiger partial charge in [-0.25, -0.2) is 9.78 Å². The number of aromatic carboxylic acids is 1. The lowest BCUT2D eigenvalue weighted by Crippen LogP contribution is -2.21. The summed E-state index contributed by atoms with van der Waals surface area (Å²) in [6.45, 7) is 12.1. The molecule has 2 aromatic carbocycles. The van der Waals surface area contributed by atoms with Crippen LogP contribution in [0, 0.1) is 0 Å². The highest BCUT2D eigenvalue weighted by molar-refractivity contribution is 6.06. The van der Waals surface area contributed by atoms with Gasteiger partial charge in [0, 0.05) is 28.9 Å². The summed E-state index contributed by atoms with van der Waals surface area (Å²) in [6, 6.07) is 13.3. The summed E-state index contributed by atoms with van der Waals surface area (Å²) in [5.41, 5.74) is 3.86. The van der Waals surface area contributed by atoms with E-state index in [1.165, 1.54) is 19.6 Å². The lowest BCUT2D eigenvalue weighted by Gasteiger charge is -2.13. The van der Waals surface area contributed by atoms with Crippen molar-refractivity contribution < 1.29 is 15.0 Å². The summed E-state index contributed by atoms with van der Waals surface area (Å²) in [5, 5.41) is 21.8. The van der Waals surface area contributed by atoms with E-state index in [0.717, 1.165) is 28.5 Å². The largest absolute Gasteiger partial charge is 0.505 e. The zero-order chi connectivity index (χ0) is 24.0. The molecule has 0 radical (unpaired) electrons. The molecule has 0 saturated heterocycles. The van der Waals surface area contributed by atoms with Crippen LogP contribution in [-0.4, -0.2) is 50.7 Å². The third-order valence-corrected chi connectivity index (χ3v) is 6.12. The number of hydrogen-bond acceptors (Lipinski definition) is 4. The Hall–Kier alpha value is -3.38. The molecule has 0 spiro atoms. The molecule has 0 amide bonds. The zero-order valence-electron chi connectivity index (χ0n) is 19.9. The van der Waals surface area contributed by atoms with Gasteiger partial charge in [-0.2, -0.15) is 0 Å². The molecular weight excluding hydrogens is 414 g/mol. The molecule has 6 nitrogen and oxygen atoms in total. The number of carboxylic acids is 1. The summed E-state index contributed by atoms with van der Waals surface area (Å²) in [4.78, 5) is 22.0. The van der Waals surface area contributed by atoms with Gasteiger partial charge in [0.05, 0.1) is 11.2 Å². The van der Waals surface area contributed by atoms with Crippen molar-refractivity contribution in [1.29, 1.82) is 0 Å². The number of fused-ring (bicyclic) bond motifs is 2. The SMILES string of the molecule is CCN(CC)CC.CCc1cccc2c(C(=O)O)c(O)c(Cc3c[nH]c4ccccc34)nc12. The van der Waals surface area contributed by atoms with Crippen molar-refractivity contribution in [3.05, 3.63) is 71.0 Å². The Labute approximate surface area is 194 Å². The maximum atomic E-state index is 11.8. The van der Waals surface area contributed by atoms with E-state index < -0.39 is 5.97 Å². The minimum Gasteiger partial charge on any atom is -0.505 e. The van der Waals surface area contributed by atoms with Gasteiger partial charge < -0.3 is 20.1 Å². The molecule has 0 atom stereocenters. The van der Waals surface area contributed by atoms with Gasteiger partial charge in [0.1, 0.15) is 5.56 Å². The van der Waals surface area contributed by atoms with Crippen molar-refractivity contribution in [3.8, 4) is 5.75 Å². The molecule has 2 heterocycles. The molecule has 0 bridgehead atoms. The van der Waals surface area contributed by atoms with Gasteiger partial charge >= 0.3 is 5.97 Å². The first kappa shape index (κ1) is 24.3. The van der Waals surface area contributed by atoms with Crippen LogP contribution in [0.25, 0.3) is 21.8 Å². The lowest BCUT2D eigenvalue weighted by atomic mass is 9.99. The third-order valence-electron chi connectivity index (χ3n) is 6.12. The summed E-state index contributed by atoms with van der Waals surface area (Å²) in [5.74, 6) is -1.41. The molecule has 33 heavy (non-hydrogen) atoms. The minimum atomic E-state index is -1.15. The van der Waals surface area contributed by atoms with Gasteiger partial charge in [-0.3, -0.25) is 0 Å². The molecule has 0 aliphatic heterocycles. The number of aromatic amines is 1. The van der Waals surface area contributed by atoms with Crippen molar-refractivity contribution in [2.75, 3.05) is 19.6 Å². The molecule has 0 unspecified atom stereocenters. The number of nitrogens with zero attached hydrogens (tertiary/aromatic N) is 2. The Morgan fingerprint density at radius 3 is 2.21 bits per heavy atom. The van der Waals surface area contributed by atoms with E-state index in [0.29, 0.717) is 23.0 Å². The Balaban J connectivity index is 0.000000383. The molecule has 2 aromatic heterocycles. The van der Waals surface area contributed by atoms with Gasteiger partial charge in [0.2, 0.25) is 0 Å². The van der Waals surface area contributed by atoms with Gasteiger partial charge in [-0.05, 0) is 43.2 Å². The molecule has 0 fully saturated rings. The van der Waals surface area contributed by atoms with Crippen LogP contribution in [-0.2, 0) is 12.8 Å². The predicted octanol–water partition coefficient (Wildman–Crippen LogP) is 5.62. The lowest BCUT2D eigenvalue weighted by molar-refractivity contribution is 0.0695. The average Bonchev–Trinajstić information content (AvgIpc) is 3.23. The molecule has 3 N–H and O–H groups in total. The fraction of sp³-hybridized carbons (Fsp3) is 0.333. The second-order valence-electron chi connectivity index (χ2n) is 7.91. The van der Waals surface area contributed by atoms with E-state index in [1.807, 2.05) is 43.5 Å². The third kappa shape index (κ3) is 5.17. The standard InChI is InChI=1S/C21H18N2O3.C6H15N/c1-2-12-6-5-8-15-18(21(25)26)20(24)17(23-19(12)15)10-13-11-22-16-9-4-3-7-14(13)16;1-4-7(5-2)6-3/h3-9,11,22,24H,2,10H2,1H3,(H,25,26);4-6H2,1-3H3. The average molecular weight is 448 g/mol. The quantitative estimate of drug-likeness (QED) is 0.342. The van der Waals surface area contributed by atoms with E-state index in [-0.39, 0.29) is 11.3 Å². The van der Waals surface area contributed by atoms with E-state index in [1.54, 1.807) is 12.1 Å². The summed E-state index contributed by atoms with van der Waals surface area (Å²) < 4.78 is 0. The van der Waals surface area contributed by atoms with Crippen molar-refractivity contribution in [3.63, 3.8) is 0 Å². The fourth-order valence-electron chi connectivity index (χ4n) is 4.14. The minimum absolute atomic E-state index is 0.0832. The number of carboxylic acid groups (broad SMARTS) is 1. The van der Waals surface area contributed by atoms with Gasteiger partial charge in [-0.15, -0.1) is 0 Å². The Kier molecular flexibility index (Phi) is 8.06. The van der Waals surface area contributed by atoms with E-state index >= 15 is 0 Å². The number of rotatable bonds is 7. The molecule has 4 aromatic rings. The Morgan fingerprint density at radius 2 is 1.61 bits per heavy atom. The van der Waals surface area contributed by atoms with Crippen molar-refractivity contribution in [1.82, 2.24) is 14.9 Å². The highest BCUT2D eigenvalue weighted by atomic mass is 16.4. The molecule has 4 rings (SSSR count). The predicted molar refractivity (Wildman–Crippen MR) is 134 cm³/mol. The van der Waals surface area contributed by atoms with Gasteiger partial charge in [0.25, 0.3) is 0 Å². The van der Waals surface area contributed by atoms with Gasteiger partial charge in [0.15, 0.2) is 5.75 Å². The summed E-state index contributed by atoms with van der Waals surface area (Å²) in [6.07, 6.45) is 2.97. The van der Waals surface area contributed by atoms with E-state index in [2.05, 4.69) is 35.6 Å². The number of H-pyrrole nitrogens is 1. The number of aromatic hydroxyl groups is 1. The first-order chi connectivity index (χ1) is 15.9. The number of hydrogen-bond donors (Lipinski definition) is 3. The number of benzene rings is 2. The molecule has 0 aliphatic rings. The molecule has 0 aliphatic carbocycles. The number of pyridine rings is 1. The van der Waals surface area contributed by atoms with E-state index in [9.17, 15) is 15.0 Å². The monoisotopic (exact) mass is 447 g/mol. The van der Waals surface area contributed by atoms with Crippen LogP contribution in [0.4, 0.5) is 0 Å². The maximum absolute atomic E-state index is 11.8. The zero-order valence-corrected chi connectivity index (χ0v) is 19.9. The number of para-hydroxylation sites is 2. The van der Waals surface area contributed by atoms with Gasteiger partial charge in [-0.1, -0.05) is 64.1 Å². The second kappa shape index (κ2) is 11.0. The van der Waals surface area contributed by atoms with Crippen LogP contribution in [0.5, 0.6) is 5.75 Å². The van der Waals surface area contributed by atoms with Crippen LogP contribution < -0.4 is 0 Å². The first-order valence-corrected chi connectivity index (χ1v) is 11.6.